The molecule has 4 saturated heterocycles. The lowest BCUT2D eigenvalue weighted by Crippen LogP contribution is -2.67. The van der Waals surface area contributed by atoms with Crippen LogP contribution in [-0.4, -0.2) is 92.4 Å². The number of amides is 1. The van der Waals surface area contributed by atoms with Crippen LogP contribution in [0.5, 0.6) is 5.75 Å². The van der Waals surface area contributed by atoms with Gasteiger partial charge in [0, 0.05) is 29.5 Å². The average molecular weight is 699 g/mol. The van der Waals surface area contributed by atoms with Crippen molar-refractivity contribution in [3.8, 4) is 16.9 Å². The third-order valence-electron chi connectivity index (χ3n) is 10.4. The molecule has 8 rings (SSSR count). The summed E-state index contributed by atoms with van der Waals surface area (Å²) in [5.41, 5.74) is 2.38. The molecule has 3 atom stereocenters. The van der Waals surface area contributed by atoms with Crippen LogP contribution in [0.15, 0.2) is 42.5 Å². The lowest BCUT2D eigenvalue weighted by molar-refractivity contribution is -0.0891. The summed E-state index contributed by atoms with van der Waals surface area (Å²) in [7, 11) is 1.70. The molecule has 13 heteroatoms. The van der Waals surface area contributed by atoms with Crippen LogP contribution in [0.1, 0.15) is 45.5 Å². The fraction of sp³-hybridized carbons (Fsp3) is 0.429. The van der Waals surface area contributed by atoms with Crippen LogP contribution in [0, 0.1) is 5.82 Å². The largest absolute Gasteiger partial charge is 0.478 e. The minimum Gasteiger partial charge on any atom is -0.478 e. The highest BCUT2D eigenvalue weighted by atomic mass is 35.5. The number of rotatable bonds is 6. The minimum atomic E-state index is -1.19. The maximum atomic E-state index is 15.7. The highest BCUT2D eigenvalue weighted by Gasteiger charge is 2.54. The smallest absolute Gasteiger partial charge is 0.337 e. The number of methoxy groups -OCH3 is 1. The van der Waals surface area contributed by atoms with Gasteiger partial charge in [0.15, 0.2) is 6.73 Å². The van der Waals surface area contributed by atoms with Gasteiger partial charge in [-0.2, -0.15) is 0 Å². The van der Waals surface area contributed by atoms with Crippen molar-refractivity contribution in [2.24, 2.45) is 0 Å². The van der Waals surface area contributed by atoms with Crippen LogP contribution in [0.4, 0.5) is 15.8 Å². The van der Waals surface area contributed by atoms with Gasteiger partial charge in [0.05, 0.1) is 84.5 Å². The van der Waals surface area contributed by atoms with Gasteiger partial charge in [0.25, 0.3) is 5.91 Å². The number of aromatic carboxylic acids is 1. The number of carbonyl (C=O) groups excluding carboxylic acids is 1. The number of carboxylic acid groups (broad SMARTS) is 1. The Morgan fingerprint density at radius 2 is 1.75 bits per heavy atom. The zero-order valence-electron chi connectivity index (χ0n) is 26.2. The fourth-order valence-electron chi connectivity index (χ4n) is 8.03. The highest BCUT2D eigenvalue weighted by Crippen LogP contribution is 2.45. The van der Waals surface area contributed by atoms with E-state index in [2.05, 4.69) is 9.80 Å². The standard InChI is InChI=1S/C35H34Cl2FN3O7/c1-45-30-7-8-48-35(30)16-40(17-35)22-9-26(36)31(27(37)10-22)33(42)39-13-19-3-2-4-23(32(19)47-18-39)24-12-29(25(34(43)44)11-28(24)38)41-20-5-6-21(41)15-46-14-20/h2-4,9-12,20-21,30H,5-8,13-18H2,1H3,(H,43,44). The number of hydrogen-bond donors (Lipinski definition) is 1. The summed E-state index contributed by atoms with van der Waals surface area (Å²) in [6, 6.07) is 11.6. The van der Waals surface area contributed by atoms with Crippen molar-refractivity contribution in [3.63, 3.8) is 0 Å². The molecule has 0 radical (unpaired) electrons. The second-order valence-electron chi connectivity index (χ2n) is 13.1. The maximum Gasteiger partial charge on any atom is 0.337 e. The Hall–Kier alpha value is -3.61. The second kappa shape index (κ2) is 12.1. The molecule has 5 aliphatic heterocycles. The number of para-hydroxylation sites is 1. The molecule has 252 valence electrons. The number of halogens is 3. The van der Waals surface area contributed by atoms with Crippen molar-refractivity contribution < 1.29 is 38.0 Å². The summed E-state index contributed by atoms with van der Waals surface area (Å²) in [4.78, 5) is 31.7. The molecule has 1 amide bonds. The van der Waals surface area contributed by atoms with E-state index in [1.165, 1.54) is 4.90 Å². The van der Waals surface area contributed by atoms with Gasteiger partial charge in [-0.1, -0.05) is 41.4 Å². The number of carboxylic acids is 1. The first-order valence-electron chi connectivity index (χ1n) is 16.1. The predicted octanol–water partition coefficient (Wildman–Crippen LogP) is 5.85. The van der Waals surface area contributed by atoms with Crippen molar-refractivity contribution >= 4 is 46.5 Å². The molecular weight excluding hydrogens is 664 g/mol. The molecule has 3 aromatic carbocycles. The number of ether oxygens (including phenoxy) is 4. The van der Waals surface area contributed by atoms with Gasteiger partial charge in [-0.25, -0.2) is 9.18 Å². The molecule has 5 aliphatic rings. The summed E-state index contributed by atoms with van der Waals surface area (Å²) in [5, 5.41) is 10.4. The summed E-state index contributed by atoms with van der Waals surface area (Å²) < 4.78 is 39.2. The van der Waals surface area contributed by atoms with Gasteiger partial charge in [0.2, 0.25) is 0 Å². The minimum absolute atomic E-state index is 0.0280. The van der Waals surface area contributed by atoms with Crippen LogP contribution in [-0.2, 0) is 20.8 Å². The van der Waals surface area contributed by atoms with Gasteiger partial charge >= 0.3 is 5.97 Å². The Kier molecular flexibility index (Phi) is 7.95. The average Bonchev–Trinajstić information content (AvgIpc) is 3.60. The Balaban J connectivity index is 1.05. The Labute approximate surface area is 286 Å². The Morgan fingerprint density at radius 3 is 2.44 bits per heavy atom. The number of anilines is 2. The van der Waals surface area contributed by atoms with Crippen LogP contribution < -0.4 is 14.5 Å². The maximum absolute atomic E-state index is 15.7. The molecule has 4 fully saturated rings. The number of hydrogen-bond acceptors (Lipinski definition) is 8. The van der Waals surface area contributed by atoms with Crippen LogP contribution in [0.25, 0.3) is 11.1 Å². The fourth-order valence-corrected chi connectivity index (χ4v) is 8.67. The van der Waals surface area contributed by atoms with Crippen molar-refractivity contribution in [2.45, 2.75) is 49.6 Å². The Morgan fingerprint density at radius 1 is 1.02 bits per heavy atom. The quantitative estimate of drug-likeness (QED) is 0.340. The van der Waals surface area contributed by atoms with E-state index < -0.39 is 17.7 Å². The molecule has 0 saturated carbocycles. The first kappa shape index (κ1) is 31.6. The highest BCUT2D eigenvalue weighted by molar-refractivity contribution is 6.40. The Bertz CT molecular complexity index is 1780. The van der Waals surface area contributed by atoms with E-state index in [9.17, 15) is 14.7 Å². The zero-order chi connectivity index (χ0) is 33.3. The van der Waals surface area contributed by atoms with E-state index in [0.29, 0.717) is 55.5 Å². The molecule has 2 bridgehead atoms. The summed E-state index contributed by atoms with van der Waals surface area (Å²) in [5.74, 6) is -1.82. The first-order valence-corrected chi connectivity index (χ1v) is 16.8. The van der Waals surface area contributed by atoms with E-state index in [1.807, 2.05) is 6.07 Å². The first-order chi connectivity index (χ1) is 23.2. The molecule has 3 aromatic rings. The van der Waals surface area contributed by atoms with Gasteiger partial charge < -0.3 is 38.8 Å². The van der Waals surface area contributed by atoms with E-state index >= 15 is 4.39 Å². The molecule has 1 N–H and O–H groups in total. The number of morpholine rings is 1. The van der Waals surface area contributed by atoms with Crippen molar-refractivity contribution in [1.29, 1.82) is 0 Å². The number of carbonyl (C=O) groups is 2. The van der Waals surface area contributed by atoms with Crippen molar-refractivity contribution in [3.05, 3.63) is 75.0 Å². The van der Waals surface area contributed by atoms with E-state index in [-0.39, 0.29) is 63.8 Å². The lowest BCUT2D eigenvalue weighted by Gasteiger charge is -2.50. The monoisotopic (exact) mass is 697 g/mol. The lowest BCUT2D eigenvalue weighted by atomic mass is 9.87. The van der Waals surface area contributed by atoms with Crippen LogP contribution in [0.3, 0.4) is 0 Å². The predicted molar refractivity (Wildman–Crippen MR) is 177 cm³/mol. The van der Waals surface area contributed by atoms with E-state index in [0.717, 1.165) is 31.0 Å². The summed E-state index contributed by atoms with van der Waals surface area (Å²) in [6.07, 6.45) is 2.64. The molecule has 1 spiro atoms. The summed E-state index contributed by atoms with van der Waals surface area (Å²) in [6.45, 7) is 2.99. The summed E-state index contributed by atoms with van der Waals surface area (Å²) >= 11 is 13.4. The molecule has 10 nitrogen and oxygen atoms in total. The number of benzene rings is 3. The van der Waals surface area contributed by atoms with E-state index in [4.69, 9.17) is 42.1 Å². The third kappa shape index (κ3) is 5.09. The normalized spacial score (nSPS) is 24.0. The van der Waals surface area contributed by atoms with Gasteiger partial charge in [0.1, 0.15) is 17.2 Å². The topological polar surface area (TPSA) is 101 Å². The SMILES string of the molecule is COC1CCOC12CN(c1cc(Cl)c(C(=O)N3COc4c(cccc4-c4cc(N5C6CCC5COC6)c(C(=O)O)cc4F)C3)c(Cl)c1)C2. The van der Waals surface area contributed by atoms with Crippen molar-refractivity contribution in [2.75, 3.05) is 56.6 Å². The third-order valence-corrected chi connectivity index (χ3v) is 11.0. The molecule has 3 unspecified atom stereocenters. The zero-order valence-corrected chi connectivity index (χ0v) is 27.7. The molecule has 48 heavy (non-hydrogen) atoms. The molecule has 5 heterocycles. The van der Waals surface area contributed by atoms with Gasteiger partial charge in [-0.15, -0.1) is 0 Å². The molecule has 0 aliphatic carbocycles. The van der Waals surface area contributed by atoms with Gasteiger partial charge in [-0.3, -0.25) is 4.79 Å². The van der Waals surface area contributed by atoms with Crippen LogP contribution >= 0.6 is 23.2 Å². The number of nitrogens with zero attached hydrogens (tertiary/aromatic N) is 3. The van der Waals surface area contributed by atoms with Crippen LogP contribution in [0.2, 0.25) is 10.0 Å². The molecule has 0 aromatic heterocycles. The van der Waals surface area contributed by atoms with Crippen molar-refractivity contribution in [1.82, 2.24) is 4.90 Å². The van der Waals surface area contributed by atoms with E-state index in [1.54, 1.807) is 37.4 Å². The number of fused-ring (bicyclic) bond motifs is 3. The van der Waals surface area contributed by atoms with Gasteiger partial charge in [-0.05, 0) is 43.5 Å². The molecular formula is C35H34Cl2FN3O7. The second-order valence-corrected chi connectivity index (χ2v) is 13.9.